The first kappa shape index (κ1) is 16.5. The molecular formula is C18H25N5O. The van der Waals surface area contributed by atoms with Gasteiger partial charge in [0, 0.05) is 13.1 Å². The molecule has 0 atom stereocenters. The Hall–Kier alpha value is -2.37. The maximum absolute atomic E-state index is 12.0. The number of benzene rings is 1. The maximum Gasteiger partial charge on any atom is 0.315 e. The molecular weight excluding hydrogens is 302 g/mol. The van der Waals surface area contributed by atoms with Gasteiger partial charge in [0.25, 0.3) is 0 Å². The Kier molecular flexibility index (Phi) is 5.13. The highest BCUT2D eigenvalue weighted by molar-refractivity contribution is 5.73. The molecule has 1 aromatic carbocycles. The zero-order chi connectivity index (χ0) is 16.8. The van der Waals surface area contributed by atoms with Gasteiger partial charge in [-0.15, -0.1) is 0 Å². The third kappa shape index (κ3) is 4.13. The zero-order valence-electron chi connectivity index (χ0n) is 14.2. The number of amides is 2. The molecule has 1 fully saturated rings. The lowest BCUT2D eigenvalue weighted by Crippen LogP contribution is -2.45. The lowest BCUT2D eigenvalue weighted by atomic mass is 9.67. The van der Waals surface area contributed by atoms with Crippen molar-refractivity contribution in [3.63, 3.8) is 0 Å². The molecule has 24 heavy (non-hydrogen) atoms. The van der Waals surface area contributed by atoms with E-state index < -0.39 is 0 Å². The summed E-state index contributed by atoms with van der Waals surface area (Å²) in [7, 11) is 0. The van der Waals surface area contributed by atoms with E-state index >= 15 is 0 Å². The van der Waals surface area contributed by atoms with Gasteiger partial charge in [-0.1, -0.05) is 37.6 Å². The SMILES string of the molecule is CCC1(CNC(=O)NCc2ccc(Cn3cncn3)cc2)CCC1. The standard InChI is InChI=1S/C18H25N5O/c1-2-18(8-3-9-18)12-21-17(24)20-10-15-4-6-16(7-5-15)11-23-14-19-13-22-23/h4-7,13-14H,2-3,8-12H2,1H3,(H2,20,21,24). The summed E-state index contributed by atoms with van der Waals surface area (Å²) in [4.78, 5) is 15.9. The van der Waals surface area contributed by atoms with Crippen molar-refractivity contribution in [1.82, 2.24) is 25.4 Å². The summed E-state index contributed by atoms with van der Waals surface area (Å²) in [5, 5.41) is 10.0. The Morgan fingerprint density at radius 3 is 2.54 bits per heavy atom. The van der Waals surface area contributed by atoms with Gasteiger partial charge in [0.15, 0.2) is 0 Å². The van der Waals surface area contributed by atoms with Crippen molar-refractivity contribution >= 4 is 6.03 Å². The summed E-state index contributed by atoms with van der Waals surface area (Å²) in [6, 6.07) is 8.09. The first-order valence-electron chi connectivity index (χ1n) is 8.61. The van der Waals surface area contributed by atoms with E-state index in [-0.39, 0.29) is 6.03 Å². The van der Waals surface area contributed by atoms with Crippen molar-refractivity contribution in [1.29, 1.82) is 0 Å². The molecule has 0 bridgehead atoms. The molecule has 6 nitrogen and oxygen atoms in total. The van der Waals surface area contributed by atoms with E-state index in [1.165, 1.54) is 25.6 Å². The molecule has 0 saturated heterocycles. The van der Waals surface area contributed by atoms with E-state index in [1.54, 1.807) is 11.0 Å². The van der Waals surface area contributed by atoms with Crippen LogP contribution in [0, 0.1) is 5.41 Å². The minimum atomic E-state index is -0.0820. The molecule has 0 spiro atoms. The monoisotopic (exact) mass is 327 g/mol. The zero-order valence-corrected chi connectivity index (χ0v) is 14.2. The summed E-state index contributed by atoms with van der Waals surface area (Å²) in [5.74, 6) is 0. The van der Waals surface area contributed by atoms with Gasteiger partial charge in [0.05, 0.1) is 6.54 Å². The highest BCUT2D eigenvalue weighted by Crippen LogP contribution is 2.42. The largest absolute Gasteiger partial charge is 0.338 e. The summed E-state index contributed by atoms with van der Waals surface area (Å²) in [6.07, 6.45) is 8.13. The van der Waals surface area contributed by atoms with E-state index in [9.17, 15) is 4.79 Å². The van der Waals surface area contributed by atoms with Crippen LogP contribution in [0.2, 0.25) is 0 Å². The van der Waals surface area contributed by atoms with Crippen LogP contribution in [0.5, 0.6) is 0 Å². The van der Waals surface area contributed by atoms with Crippen LogP contribution in [0.4, 0.5) is 4.79 Å². The average Bonchev–Trinajstić information content (AvgIpc) is 3.07. The predicted octanol–water partition coefficient (Wildman–Crippen LogP) is 2.71. The first-order valence-corrected chi connectivity index (χ1v) is 8.61. The minimum Gasteiger partial charge on any atom is -0.338 e. The summed E-state index contributed by atoms with van der Waals surface area (Å²) in [5.41, 5.74) is 2.59. The van der Waals surface area contributed by atoms with Crippen LogP contribution in [-0.4, -0.2) is 27.3 Å². The van der Waals surface area contributed by atoms with Crippen molar-refractivity contribution < 1.29 is 4.79 Å². The Bertz CT molecular complexity index is 641. The number of hydrogen-bond donors (Lipinski definition) is 2. The van der Waals surface area contributed by atoms with E-state index in [0.717, 1.165) is 24.1 Å². The molecule has 2 N–H and O–H groups in total. The number of nitrogens with zero attached hydrogens (tertiary/aromatic N) is 3. The Balaban J connectivity index is 1.42. The molecule has 1 aromatic heterocycles. The molecule has 0 radical (unpaired) electrons. The predicted molar refractivity (Wildman–Crippen MR) is 92.4 cm³/mol. The van der Waals surface area contributed by atoms with Gasteiger partial charge in [0.1, 0.15) is 12.7 Å². The highest BCUT2D eigenvalue weighted by atomic mass is 16.2. The number of carbonyl (C=O) groups is 1. The van der Waals surface area contributed by atoms with E-state index in [2.05, 4.69) is 39.8 Å². The number of urea groups is 1. The van der Waals surface area contributed by atoms with Crippen LogP contribution in [0.3, 0.4) is 0 Å². The average molecular weight is 327 g/mol. The second-order valence-corrected chi connectivity index (χ2v) is 6.65. The third-order valence-electron chi connectivity index (χ3n) is 5.08. The molecule has 1 aliphatic carbocycles. The van der Waals surface area contributed by atoms with Crippen LogP contribution >= 0.6 is 0 Å². The molecule has 0 unspecified atom stereocenters. The van der Waals surface area contributed by atoms with Gasteiger partial charge in [-0.25, -0.2) is 14.5 Å². The van der Waals surface area contributed by atoms with Crippen LogP contribution in [-0.2, 0) is 13.1 Å². The fraction of sp³-hybridized carbons (Fsp3) is 0.500. The van der Waals surface area contributed by atoms with Crippen LogP contribution in [0.15, 0.2) is 36.9 Å². The Morgan fingerprint density at radius 2 is 1.96 bits per heavy atom. The number of rotatable bonds is 7. The molecule has 128 valence electrons. The van der Waals surface area contributed by atoms with Crippen molar-refractivity contribution in [3.05, 3.63) is 48.0 Å². The second kappa shape index (κ2) is 7.47. The summed E-state index contributed by atoms with van der Waals surface area (Å²) in [6.45, 7) is 4.23. The Labute approximate surface area is 142 Å². The molecule has 2 amide bonds. The molecule has 1 heterocycles. The van der Waals surface area contributed by atoms with Gasteiger partial charge >= 0.3 is 6.03 Å². The van der Waals surface area contributed by atoms with Crippen molar-refractivity contribution in [2.75, 3.05) is 6.54 Å². The third-order valence-corrected chi connectivity index (χ3v) is 5.08. The number of hydrogen-bond acceptors (Lipinski definition) is 3. The van der Waals surface area contributed by atoms with Gasteiger partial charge in [-0.3, -0.25) is 0 Å². The maximum atomic E-state index is 12.0. The van der Waals surface area contributed by atoms with E-state index in [0.29, 0.717) is 18.5 Å². The molecule has 1 aliphatic rings. The topological polar surface area (TPSA) is 71.8 Å². The van der Waals surface area contributed by atoms with E-state index in [1.807, 2.05) is 12.1 Å². The van der Waals surface area contributed by atoms with Crippen molar-refractivity contribution in [2.24, 2.45) is 5.41 Å². The smallest absolute Gasteiger partial charge is 0.315 e. The lowest BCUT2D eigenvalue weighted by molar-refractivity contribution is 0.126. The molecule has 6 heteroatoms. The minimum absolute atomic E-state index is 0.0820. The van der Waals surface area contributed by atoms with Crippen molar-refractivity contribution in [2.45, 2.75) is 45.7 Å². The summed E-state index contributed by atoms with van der Waals surface area (Å²) < 4.78 is 1.78. The number of nitrogens with one attached hydrogen (secondary N) is 2. The van der Waals surface area contributed by atoms with Gasteiger partial charge in [-0.05, 0) is 35.8 Å². The first-order chi connectivity index (χ1) is 11.7. The quantitative estimate of drug-likeness (QED) is 0.821. The van der Waals surface area contributed by atoms with Crippen LogP contribution < -0.4 is 10.6 Å². The Morgan fingerprint density at radius 1 is 1.21 bits per heavy atom. The van der Waals surface area contributed by atoms with Gasteiger partial charge < -0.3 is 10.6 Å². The molecule has 3 rings (SSSR count). The molecule has 1 saturated carbocycles. The number of aromatic nitrogens is 3. The normalized spacial score (nSPS) is 15.5. The van der Waals surface area contributed by atoms with E-state index in [4.69, 9.17) is 0 Å². The summed E-state index contributed by atoms with van der Waals surface area (Å²) >= 11 is 0. The lowest BCUT2D eigenvalue weighted by Gasteiger charge is -2.41. The van der Waals surface area contributed by atoms with Gasteiger partial charge in [0.2, 0.25) is 0 Å². The van der Waals surface area contributed by atoms with Gasteiger partial charge in [-0.2, -0.15) is 5.10 Å². The number of carbonyl (C=O) groups excluding carboxylic acids is 1. The molecule has 2 aromatic rings. The molecule has 0 aliphatic heterocycles. The second-order valence-electron chi connectivity index (χ2n) is 6.65. The fourth-order valence-corrected chi connectivity index (χ4v) is 3.11. The fourth-order valence-electron chi connectivity index (χ4n) is 3.11. The van der Waals surface area contributed by atoms with Crippen molar-refractivity contribution in [3.8, 4) is 0 Å². The van der Waals surface area contributed by atoms with Crippen LogP contribution in [0.25, 0.3) is 0 Å². The van der Waals surface area contributed by atoms with Crippen LogP contribution in [0.1, 0.15) is 43.7 Å². The highest BCUT2D eigenvalue weighted by Gasteiger charge is 2.35.